The minimum absolute atomic E-state index is 0.0174. The Hall–Kier alpha value is -2.81. The van der Waals surface area contributed by atoms with E-state index in [2.05, 4.69) is 22.2 Å². The normalized spacial score (nSPS) is 13.7. The van der Waals surface area contributed by atoms with Gasteiger partial charge in [-0.3, -0.25) is 4.79 Å². The third-order valence-electron chi connectivity index (χ3n) is 5.30. The number of rotatable bonds is 9. The van der Waals surface area contributed by atoms with E-state index in [0.717, 1.165) is 52.2 Å². The first kappa shape index (κ1) is 21.4. The van der Waals surface area contributed by atoms with Crippen LogP contribution in [-0.2, 0) is 17.8 Å². The van der Waals surface area contributed by atoms with Crippen LogP contribution in [0.2, 0.25) is 0 Å². The average molecular weight is 441 g/mol. The van der Waals surface area contributed by atoms with Gasteiger partial charge < -0.3 is 15.0 Å². The van der Waals surface area contributed by atoms with Crippen LogP contribution in [0.4, 0.5) is 5.82 Å². The van der Waals surface area contributed by atoms with Crippen LogP contribution in [-0.4, -0.2) is 58.2 Å². The lowest BCUT2D eigenvalue weighted by Crippen LogP contribution is -2.29. The van der Waals surface area contributed by atoms with E-state index in [1.807, 2.05) is 35.1 Å². The van der Waals surface area contributed by atoms with Crippen molar-refractivity contribution in [2.75, 3.05) is 37.4 Å². The van der Waals surface area contributed by atoms with E-state index in [4.69, 9.17) is 14.7 Å². The quantitative estimate of drug-likeness (QED) is 0.404. The summed E-state index contributed by atoms with van der Waals surface area (Å²) in [6.07, 6.45) is 4.57. The zero-order valence-electron chi connectivity index (χ0n) is 18.0. The Morgan fingerprint density at radius 2 is 1.97 bits per heavy atom. The van der Waals surface area contributed by atoms with E-state index in [1.54, 1.807) is 18.9 Å². The number of anilines is 1. The van der Waals surface area contributed by atoms with Gasteiger partial charge in [0.05, 0.1) is 31.7 Å². The van der Waals surface area contributed by atoms with Crippen molar-refractivity contribution in [2.24, 2.45) is 0 Å². The maximum atomic E-state index is 12.3. The summed E-state index contributed by atoms with van der Waals surface area (Å²) in [6, 6.07) is 7.54. The number of methoxy groups -OCH3 is 1. The number of carbonyl (C=O) groups is 1. The third-order valence-corrected chi connectivity index (χ3v) is 6.03. The molecule has 0 aliphatic carbocycles. The summed E-state index contributed by atoms with van der Waals surface area (Å²) in [4.78, 5) is 24.2. The van der Waals surface area contributed by atoms with Crippen LogP contribution < -0.4 is 15.0 Å². The van der Waals surface area contributed by atoms with E-state index in [0.29, 0.717) is 19.5 Å². The average Bonchev–Trinajstić information content (AvgIpc) is 3.45. The number of nitrogens with zero attached hydrogens (tertiary/aromatic N) is 5. The Morgan fingerprint density at radius 1 is 1.19 bits per heavy atom. The summed E-state index contributed by atoms with van der Waals surface area (Å²) in [5.74, 6) is 2.66. The molecule has 1 amide bonds. The molecule has 0 saturated carbocycles. The topological polar surface area (TPSA) is 85.2 Å². The van der Waals surface area contributed by atoms with Crippen LogP contribution in [0.15, 0.2) is 35.6 Å². The maximum Gasteiger partial charge on any atom is 0.224 e. The molecule has 1 N–H and O–H groups in total. The minimum Gasteiger partial charge on any atom is -0.497 e. The van der Waals surface area contributed by atoms with Gasteiger partial charge in [0.1, 0.15) is 11.6 Å². The van der Waals surface area contributed by atoms with Crippen molar-refractivity contribution in [3.8, 4) is 5.75 Å². The number of fused-ring (bicyclic) bond motifs is 1. The second kappa shape index (κ2) is 10.00. The van der Waals surface area contributed by atoms with Crippen molar-refractivity contribution in [2.45, 2.75) is 37.9 Å². The van der Waals surface area contributed by atoms with Crippen molar-refractivity contribution >= 4 is 34.5 Å². The van der Waals surface area contributed by atoms with E-state index >= 15 is 0 Å². The Balaban J connectivity index is 1.42. The second-order valence-corrected chi connectivity index (χ2v) is 8.67. The molecule has 4 rings (SSSR count). The lowest BCUT2D eigenvalue weighted by Gasteiger charge is -2.17. The molecule has 2 aromatic heterocycles. The number of nitrogens with one attached hydrogen (secondary N) is 1. The Labute approximate surface area is 186 Å². The van der Waals surface area contributed by atoms with Crippen molar-refractivity contribution in [3.05, 3.63) is 36.0 Å². The highest BCUT2D eigenvalue weighted by molar-refractivity contribution is 7.99. The van der Waals surface area contributed by atoms with Crippen molar-refractivity contribution in [1.82, 2.24) is 25.1 Å². The highest BCUT2D eigenvalue weighted by Crippen LogP contribution is 2.29. The van der Waals surface area contributed by atoms with Gasteiger partial charge in [-0.2, -0.15) is 5.10 Å². The summed E-state index contributed by atoms with van der Waals surface area (Å²) >= 11 is 1.64. The van der Waals surface area contributed by atoms with Gasteiger partial charge in [0.15, 0.2) is 10.8 Å². The van der Waals surface area contributed by atoms with Crippen molar-refractivity contribution in [1.29, 1.82) is 0 Å². The van der Waals surface area contributed by atoms with Gasteiger partial charge in [0.2, 0.25) is 5.91 Å². The lowest BCUT2D eigenvalue weighted by molar-refractivity contribution is -0.120. The monoisotopic (exact) mass is 440 g/mol. The number of ether oxygens (including phenoxy) is 1. The SMILES string of the molecule is CCSc1nc(N2CCCC2)c2cnn(CCNC(=O)Cc3ccc(OC)cc3)c2n1. The molecule has 9 heteroatoms. The molecule has 8 nitrogen and oxygen atoms in total. The molecular formula is C22H28N6O2S. The number of aromatic nitrogens is 4. The summed E-state index contributed by atoms with van der Waals surface area (Å²) in [5.41, 5.74) is 1.78. The molecule has 0 atom stereocenters. The molecule has 31 heavy (non-hydrogen) atoms. The fraction of sp³-hybridized carbons (Fsp3) is 0.455. The van der Waals surface area contributed by atoms with Crippen LogP contribution >= 0.6 is 11.8 Å². The maximum absolute atomic E-state index is 12.3. The van der Waals surface area contributed by atoms with Crippen LogP contribution in [0.3, 0.4) is 0 Å². The highest BCUT2D eigenvalue weighted by Gasteiger charge is 2.20. The number of hydrogen-bond acceptors (Lipinski definition) is 7. The lowest BCUT2D eigenvalue weighted by atomic mass is 10.1. The van der Waals surface area contributed by atoms with Crippen LogP contribution in [0, 0.1) is 0 Å². The zero-order chi connectivity index (χ0) is 21.6. The number of benzene rings is 1. The molecule has 1 aromatic carbocycles. The third kappa shape index (κ3) is 5.10. The predicted molar refractivity (Wildman–Crippen MR) is 123 cm³/mol. The van der Waals surface area contributed by atoms with Gasteiger partial charge in [-0.15, -0.1) is 0 Å². The number of amides is 1. The van der Waals surface area contributed by atoms with Gasteiger partial charge in [0, 0.05) is 19.6 Å². The summed E-state index contributed by atoms with van der Waals surface area (Å²) in [5, 5.41) is 9.28. The molecule has 3 heterocycles. The van der Waals surface area contributed by atoms with E-state index in [-0.39, 0.29) is 5.91 Å². The molecule has 0 spiro atoms. The Bertz CT molecular complexity index is 1030. The molecule has 164 valence electrons. The number of carbonyl (C=O) groups excluding carboxylic acids is 1. The van der Waals surface area contributed by atoms with Gasteiger partial charge in [-0.05, 0) is 36.3 Å². The second-order valence-electron chi connectivity index (χ2n) is 7.44. The summed E-state index contributed by atoms with van der Waals surface area (Å²) in [6.45, 7) is 5.20. The first-order valence-electron chi connectivity index (χ1n) is 10.7. The minimum atomic E-state index is -0.0174. The van der Waals surface area contributed by atoms with Gasteiger partial charge >= 0.3 is 0 Å². The molecule has 1 saturated heterocycles. The number of thioether (sulfide) groups is 1. The Kier molecular flexibility index (Phi) is 6.91. The summed E-state index contributed by atoms with van der Waals surface area (Å²) < 4.78 is 7.02. The van der Waals surface area contributed by atoms with Gasteiger partial charge in [0.25, 0.3) is 0 Å². The summed E-state index contributed by atoms with van der Waals surface area (Å²) in [7, 11) is 1.63. The largest absolute Gasteiger partial charge is 0.497 e. The molecule has 0 bridgehead atoms. The molecule has 0 unspecified atom stereocenters. The Morgan fingerprint density at radius 3 is 2.68 bits per heavy atom. The first-order chi connectivity index (χ1) is 15.2. The first-order valence-corrected chi connectivity index (χ1v) is 11.7. The van der Waals surface area contributed by atoms with Crippen molar-refractivity contribution < 1.29 is 9.53 Å². The fourth-order valence-electron chi connectivity index (χ4n) is 3.74. The predicted octanol–water partition coefficient (Wildman–Crippen LogP) is 2.91. The zero-order valence-corrected chi connectivity index (χ0v) is 18.8. The van der Waals surface area contributed by atoms with Gasteiger partial charge in [-0.25, -0.2) is 14.6 Å². The van der Waals surface area contributed by atoms with Crippen LogP contribution in [0.1, 0.15) is 25.3 Å². The molecule has 1 aliphatic heterocycles. The van der Waals surface area contributed by atoms with E-state index in [9.17, 15) is 4.79 Å². The van der Waals surface area contributed by atoms with E-state index in [1.165, 1.54) is 12.8 Å². The molecule has 1 aliphatic rings. The van der Waals surface area contributed by atoms with E-state index < -0.39 is 0 Å². The molecular weight excluding hydrogens is 412 g/mol. The molecule has 1 fully saturated rings. The van der Waals surface area contributed by atoms with Crippen LogP contribution in [0.5, 0.6) is 5.75 Å². The van der Waals surface area contributed by atoms with Crippen LogP contribution in [0.25, 0.3) is 11.0 Å². The van der Waals surface area contributed by atoms with Crippen molar-refractivity contribution in [3.63, 3.8) is 0 Å². The molecule has 0 radical (unpaired) electrons. The molecule has 3 aromatic rings. The van der Waals surface area contributed by atoms with Gasteiger partial charge in [-0.1, -0.05) is 30.8 Å². The fourth-order valence-corrected chi connectivity index (χ4v) is 4.30. The standard InChI is InChI=1S/C22H28N6O2S/c1-3-31-22-25-20(27-11-4-5-12-27)18-15-24-28(21(18)26-22)13-10-23-19(29)14-16-6-8-17(30-2)9-7-16/h6-9,15H,3-5,10-14H2,1-2H3,(H,23,29). The highest BCUT2D eigenvalue weighted by atomic mass is 32.2. The smallest absolute Gasteiger partial charge is 0.224 e. The number of hydrogen-bond donors (Lipinski definition) is 1.